The van der Waals surface area contributed by atoms with E-state index in [2.05, 4.69) is 4.98 Å². The highest BCUT2D eigenvalue weighted by Gasteiger charge is 2.35. The van der Waals surface area contributed by atoms with E-state index in [0.29, 0.717) is 11.6 Å². The van der Waals surface area contributed by atoms with E-state index in [1.54, 1.807) is 0 Å². The van der Waals surface area contributed by atoms with Gasteiger partial charge >= 0.3 is 6.18 Å². The van der Waals surface area contributed by atoms with Crippen LogP contribution in [-0.4, -0.2) is 30.5 Å². The molecule has 0 saturated heterocycles. The van der Waals surface area contributed by atoms with Gasteiger partial charge in [-0.2, -0.15) is 13.2 Å². The highest BCUT2D eigenvalue weighted by Crippen LogP contribution is 2.34. The molecule has 1 aliphatic rings. The van der Waals surface area contributed by atoms with Crippen molar-refractivity contribution in [3.63, 3.8) is 0 Å². The zero-order valence-corrected chi connectivity index (χ0v) is 17.8. The Kier molecular flexibility index (Phi) is 5.47. The maximum Gasteiger partial charge on any atom is 0.433 e. The first-order valence-corrected chi connectivity index (χ1v) is 11.4. The van der Waals surface area contributed by atoms with Gasteiger partial charge in [0.25, 0.3) is 5.91 Å². The number of alkyl halides is 3. The highest BCUT2D eigenvalue weighted by atomic mass is 32.2. The average Bonchev–Trinajstić information content (AvgIpc) is 3.14. The number of hydrogen-bond acceptors (Lipinski definition) is 4. The lowest BCUT2D eigenvalue weighted by Gasteiger charge is -2.19. The molecule has 0 spiro atoms. The van der Waals surface area contributed by atoms with Gasteiger partial charge in [0.15, 0.2) is 9.84 Å². The summed E-state index contributed by atoms with van der Waals surface area (Å²) >= 11 is 0. The van der Waals surface area contributed by atoms with Crippen molar-refractivity contribution in [2.24, 2.45) is 0 Å². The second-order valence-electron chi connectivity index (χ2n) is 7.63. The van der Waals surface area contributed by atoms with Crippen molar-refractivity contribution in [2.75, 3.05) is 6.26 Å². The summed E-state index contributed by atoms with van der Waals surface area (Å²) in [6.45, 7) is -0.223. The largest absolute Gasteiger partial charge is 0.433 e. The molecule has 2 heterocycles. The summed E-state index contributed by atoms with van der Waals surface area (Å²) in [6.07, 6.45) is -2.67. The lowest BCUT2D eigenvalue weighted by molar-refractivity contribution is -0.141. The zero-order chi connectivity index (χ0) is 24.1. The second-order valence-corrected chi connectivity index (χ2v) is 9.65. The minimum Gasteiger partial charge on any atom is -0.330 e. The minimum absolute atomic E-state index is 0.00800. The predicted octanol–water partition coefficient (Wildman–Crippen LogP) is 4.61. The summed E-state index contributed by atoms with van der Waals surface area (Å²) in [4.78, 5) is 17.8. The normalized spacial score (nSPS) is 13.8. The topological polar surface area (TPSA) is 67.3 Å². The van der Waals surface area contributed by atoms with Crippen LogP contribution in [0.15, 0.2) is 53.6 Å². The molecule has 4 rings (SSSR count). The fourth-order valence-corrected chi connectivity index (χ4v) is 4.29. The summed E-state index contributed by atoms with van der Waals surface area (Å²) in [6, 6.07) is 7.07. The first-order chi connectivity index (χ1) is 15.3. The number of amides is 1. The Morgan fingerprint density at radius 3 is 2.21 bits per heavy atom. The van der Waals surface area contributed by atoms with E-state index in [0.717, 1.165) is 36.7 Å². The van der Waals surface area contributed by atoms with Gasteiger partial charge in [-0.3, -0.25) is 9.78 Å². The molecule has 3 aromatic rings. The molecular formula is C22H15F5N2O3S. The van der Waals surface area contributed by atoms with E-state index >= 15 is 0 Å². The molecule has 0 aliphatic carbocycles. The summed E-state index contributed by atoms with van der Waals surface area (Å²) in [7, 11) is -3.73. The van der Waals surface area contributed by atoms with Crippen molar-refractivity contribution in [1.82, 2.24) is 9.88 Å². The maximum atomic E-state index is 13.8. The van der Waals surface area contributed by atoms with Crippen LogP contribution in [0.2, 0.25) is 0 Å². The van der Waals surface area contributed by atoms with Gasteiger partial charge in [-0.1, -0.05) is 6.07 Å². The second kappa shape index (κ2) is 7.91. The van der Waals surface area contributed by atoms with Crippen LogP contribution in [0.25, 0.3) is 11.1 Å². The average molecular weight is 482 g/mol. The highest BCUT2D eigenvalue weighted by molar-refractivity contribution is 7.90. The Balaban J connectivity index is 1.77. The number of carbonyl (C=O) groups is 1. The molecular weight excluding hydrogens is 467 g/mol. The van der Waals surface area contributed by atoms with Gasteiger partial charge < -0.3 is 4.90 Å². The molecule has 5 nitrogen and oxygen atoms in total. The molecule has 172 valence electrons. The number of hydrogen-bond donors (Lipinski definition) is 0. The van der Waals surface area contributed by atoms with Crippen LogP contribution >= 0.6 is 0 Å². The van der Waals surface area contributed by atoms with E-state index in [1.807, 2.05) is 0 Å². The fourth-order valence-electron chi connectivity index (χ4n) is 3.64. The molecule has 33 heavy (non-hydrogen) atoms. The third-order valence-electron chi connectivity index (χ3n) is 5.21. The molecule has 0 atom stereocenters. The Bertz CT molecular complexity index is 1370. The first kappa shape index (κ1) is 22.8. The standard InChI is InChI=1S/C22H15F5N2O3S/c1-33(31,32)17-2-3-18(12-4-15(23)7-16(24)5-12)19(8-17)21(30)29-10-13-6-20(22(25,26)27)28-9-14(13)11-29/h2-9H,10-11H2,1H3. The van der Waals surface area contributed by atoms with Crippen molar-refractivity contribution in [2.45, 2.75) is 24.2 Å². The molecule has 0 saturated carbocycles. The summed E-state index contributed by atoms with van der Waals surface area (Å²) in [5, 5.41) is 0. The van der Waals surface area contributed by atoms with Crippen molar-refractivity contribution in [3.05, 3.63) is 82.7 Å². The number of fused-ring (bicyclic) bond motifs is 1. The van der Waals surface area contributed by atoms with Gasteiger partial charge in [0, 0.05) is 37.2 Å². The minimum atomic E-state index is -4.65. The number of halogens is 5. The molecule has 1 amide bonds. The van der Waals surface area contributed by atoms with E-state index in [-0.39, 0.29) is 40.2 Å². The van der Waals surface area contributed by atoms with Gasteiger partial charge in [0.1, 0.15) is 17.3 Å². The molecule has 1 aromatic heterocycles. The van der Waals surface area contributed by atoms with Gasteiger partial charge in [0.05, 0.1) is 4.90 Å². The van der Waals surface area contributed by atoms with Gasteiger partial charge in [-0.05, 0) is 52.6 Å². The Labute approximate surface area is 185 Å². The third kappa shape index (κ3) is 4.58. The number of pyridine rings is 1. The van der Waals surface area contributed by atoms with Crippen LogP contribution in [0, 0.1) is 11.6 Å². The SMILES string of the molecule is CS(=O)(=O)c1ccc(-c2cc(F)cc(F)c2)c(C(=O)N2Cc3cnc(C(F)(F)F)cc3C2)c1. The van der Waals surface area contributed by atoms with Crippen LogP contribution in [0.1, 0.15) is 27.2 Å². The van der Waals surface area contributed by atoms with Crippen molar-refractivity contribution >= 4 is 15.7 Å². The molecule has 0 fully saturated rings. The third-order valence-corrected chi connectivity index (χ3v) is 6.32. The van der Waals surface area contributed by atoms with Crippen LogP contribution < -0.4 is 0 Å². The number of aromatic nitrogens is 1. The Hall–Kier alpha value is -3.34. The number of sulfone groups is 1. The smallest absolute Gasteiger partial charge is 0.330 e. The van der Waals surface area contributed by atoms with Crippen molar-refractivity contribution < 1.29 is 35.2 Å². The molecule has 0 bridgehead atoms. The molecule has 11 heteroatoms. The Morgan fingerprint density at radius 1 is 0.970 bits per heavy atom. The molecule has 0 N–H and O–H groups in total. The maximum absolute atomic E-state index is 13.8. The zero-order valence-electron chi connectivity index (χ0n) is 17.0. The Morgan fingerprint density at radius 2 is 1.61 bits per heavy atom. The fraction of sp³-hybridized carbons (Fsp3) is 0.182. The van der Waals surface area contributed by atoms with E-state index < -0.39 is 39.2 Å². The first-order valence-electron chi connectivity index (χ1n) is 9.48. The quantitative estimate of drug-likeness (QED) is 0.512. The summed E-state index contributed by atoms with van der Waals surface area (Å²) in [5.74, 6) is -2.49. The van der Waals surface area contributed by atoms with Crippen molar-refractivity contribution in [3.8, 4) is 11.1 Å². The number of rotatable bonds is 3. The number of carbonyl (C=O) groups excluding carboxylic acids is 1. The summed E-state index contributed by atoms with van der Waals surface area (Å²) in [5.41, 5.74) is -0.493. The van der Waals surface area contributed by atoms with Gasteiger partial charge in [-0.15, -0.1) is 0 Å². The van der Waals surface area contributed by atoms with Crippen LogP contribution in [0.4, 0.5) is 22.0 Å². The van der Waals surface area contributed by atoms with E-state index in [9.17, 15) is 35.2 Å². The molecule has 0 radical (unpaired) electrons. The monoisotopic (exact) mass is 482 g/mol. The predicted molar refractivity (Wildman–Crippen MR) is 108 cm³/mol. The lowest BCUT2D eigenvalue weighted by Crippen LogP contribution is -2.26. The number of benzene rings is 2. The summed E-state index contributed by atoms with van der Waals surface area (Å²) < 4.78 is 90.6. The van der Waals surface area contributed by atoms with Crippen LogP contribution in [0.5, 0.6) is 0 Å². The molecule has 0 unspecified atom stereocenters. The number of nitrogens with zero attached hydrogens (tertiary/aromatic N) is 2. The molecule has 1 aliphatic heterocycles. The van der Waals surface area contributed by atoms with E-state index in [1.165, 1.54) is 17.0 Å². The van der Waals surface area contributed by atoms with Gasteiger partial charge in [-0.25, -0.2) is 17.2 Å². The van der Waals surface area contributed by atoms with Crippen LogP contribution in [-0.2, 0) is 29.1 Å². The van der Waals surface area contributed by atoms with Crippen LogP contribution in [0.3, 0.4) is 0 Å². The van der Waals surface area contributed by atoms with Gasteiger partial charge in [0.2, 0.25) is 0 Å². The van der Waals surface area contributed by atoms with Crippen molar-refractivity contribution in [1.29, 1.82) is 0 Å². The molecule has 2 aromatic carbocycles. The lowest BCUT2D eigenvalue weighted by atomic mass is 9.98. The van der Waals surface area contributed by atoms with E-state index in [4.69, 9.17) is 0 Å².